The average Bonchev–Trinajstić information content (AvgIpc) is 2.95. The molecule has 9 heteroatoms. The minimum atomic E-state index is -0.509. The van der Waals surface area contributed by atoms with Crippen LogP contribution in [0.3, 0.4) is 0 Å². The van der Waals surface area contributed by atoms with Crippen molar-refractivity contribution < 1.29 is 4.79 Å². The number of hydrogen-bond donors (Lipinski definition) is 1. The molecule has 2 heterocycles. The van der Waals surface area contributed by atoms with Gasteiger partial charge in [-0.25, -0.2) is 4.52 Å². The second-order valence-electron chi connectivity index (χ2n) is 4.55. The highest BCUT2D eigenvalue weighted by Crippen LogP contribution is 2.32. The standard InChI is InChI=1S/C13H9Cl3N4OS/c1-5-6(2)22-13-18-12(19-20(5)13)17-11(21)9-7(14)3-4-8(15)10(9)16/h3-4H,1-2H3,(H,17,19,21). The number of aryl methyl sites for hydroxylation is 2. The topological polar surface area (TPSA) is 59.3 Å². The van der Waals surface area contributed by atoms with E-state index in [1.54, 1.807) is 4.52 Å². The Bertz CT molecular complexity index is 902. The van der Waals surface area contributed by atoms with E-state index in [-0.39, 0.29) is 26.6 Å². The van der Waals surface area contributed by atoms with Crippen LogP contribution in [-0.2, 0) is 0 Å². The molecule has 0 unspecified atom stereocenters. The van der Waals surface area contributed by atoms with Gasteiger partial charge in [0.1, 0.15) is 0 Å². The molecule has 0 saturated heterocycles. The summed E-state index contributed by atoms with van der Waals surface area (Å²) < 4.78 is 1.68. The SMILES string of the molecule is Cc1sc2nc(NC(=O)c3c(Cl)ccc(Cl)c3Cl)nn2c1C. The quantitative estimate of drug-likeness (QED) is 0.665. The number of aromatic nitrogens is 3. The van der Waals surface area contributed by atoms with Crippen molar-refractivity contribution in [3.05, 3.63) is 43.3 Å². The summed E-state index contributed by atoms with van der Waals surface area (Å²) in [7, 11) is 0. The zero-order valence-electron chi connectivity index (χ0n) is 11.4. The monoisotopic (exact) mass is 374 g/mol. The number of fused-ring (bicyclic) bond motifs is 1. The highest BCUT2D eigenvalue weighted by atomic mass is 35.5. The van der Waals surface area contributed by atoms with Crippen molar-refractivity contribution in [2.75, 3.05) is 5.32 Å². The third-order valence-corrected chi connectivity index (χ3v) is 5.31. The highest BCUT2D eigenvalue weighted by Gasteiger charge is 2.19. The summed E-state index contributed by atoms with van der Waals surface area (Å²) in [5.41, 5.74) is 1.08. The number of benzene rings is 1. The normalized spacial score (nSPS) is 11.1. The van der Waals surface area contributed by atoms with E-state index >= 15 is 0 Å². The largest absolute Gasteiger partial charge is 0.289 e. The summed E-state index contributed by atoms with van der Waals surface area (Å²) in [6.45, 7) is 3.92. The van der Waals surface area contributed by atoms with E-state index in [9.17, 15) is 4.79 Å². The van der Waals surface area contributed by atoms with E-state index < -0.39 is 5.91 Å². The Hall–Kier alpha value is -1.34. The maximum Gasteiger partial charge on any atom is 0.261 e. The lowest BCUT2D eigenvalue weighted by Crippen LogP contribution is -2.14. The average molecular weight is 376 g/mol. The summed E-state index contributed by atoms with van der Waals surface area (Å²) in [6, 6.07) is 3.04. The Morgan fingerprint density at radius 1 is 1.23 bits per heavy atom. The van der Waals surface area contributed by atoms with E-state index in [0.29, 0.717) is 4.96 Å². The molecular formula is C13H9Cl3N4OS. The van der Waals surface area contributed by atoms with Crippen LogP contribution in [0.5, 0.6) is 0 Å². The van der Waals surface area contributed by atoms with Crippen molar-refractivity contribution in [1.29, 1.82) is 0 Å². The number of amides is 1. The third kappa shape index (κ3) is 2.56. The van der Waals surface area contributed by atoms with Crippen LogP contribution >= 0.6 is 46.1 Å². The first kappa shape index (κ1) is 15.6. The van der Waals surface area contributed by atoms with Gasteiger partial charge in [-0.1, -0.05) is 46.1 Å². The first-order valence-corrected chi connectivity index (χ1v) is 8.11. The molecule has 0 fully saturated rings. The van der Waals surface area contributed by atoms with Crippen molar-refractivity contribution in [3.8, 4) is 0 Å². The third-order valence-electron chi connectivity index (χ3n) is 3.15. The minimum Gasteiger partial charge on any atom is -0.289 e. The van der Waals surface area contributed by atoms with Crippen LogP contribution in [0, 0.1) is 13.8 Å². The number of carbonyl (C=O) groups is 1. The Balaban J connectivity index is 1.95. The lowest BCUT2D eigenvalue weighted by molar-refractivity contribution is 0.102. The molecule has 22 heavy (non-hydrogen) atoms. The predicted molar refractivity (Wildman–Crippen MR) is 89.8 cm³/mol. The van der Waals surface area contributed by atoms with Crippen LogP contribution in [0.4, 0.5) is 5.95 Å². The van der Waals surface area contributed by atoms with Crippen LogP contribution < -0.4 is 5.32 Å². The second kappa shape index (κ2) is 5.70. The molecule has 114 valence electrons. The van der Waals surface area contributed by atoms with Crippen molar-refractivity contribution in [3.63, 3.8) is 0 Å². The van der Waals surface area contributed by atoms with Gasteiger partial charge in [-0.15, -0.1) is 5.10 Å². The van der Waals surface area contributed by atoms with E-state index in [2.05, 4.69) is 15.4 Å². The number of thiazole rings is 1. The van der Waals surface area contributed by atoms with Gasteiger partial charge in [0.2, 0.25) is 4.96 Å². The lowest BCUT2D eigenvalue weighted by atomic mass is 10.2. The molecule has 0 radical (unpaired) electrons. The van der Waals surface area contributed by atoms with Gasteiger partial charge in [0.25, 0.3) is 11.9 Å². The van der Waals surface area contributed by atoms with Crippen molar-refractivity contribution in [1.82, 2.24) is 14.6 Å². The molecule has 0 aliphatic carbocycles. The van der Waals surface area contributed by atoms with E-state index in [1.165, 1.54) is 23.5 Å². The summed E-state index contributed by atoms with van der Waals surface area (Å²) >= 11 is 19.5. The molecule has 0 aliphatic rings. The molecule has 1 amide bonds. The van der Waals surface area contributed by atoms with Gasteiger partial charge in [-0.2, -0.15) is 4.98 Å². The first-order valence-electron chi connectivity index (χ1n) is 6.16. The van der Waals surface area contributed by atoms with Crippen molar-refractivity contribution >= 4 is 63.0 Å². The zero-order valence-corrected chi connectivity index (χ0v) is 14.5. The van der Waals surface area contributed by atoms with Gasteiger partial charge in [0.15, 0.2) is 0 Å². The number of rotatable bonds is 2. The van der Waals surface area contributed by atoms with Gasteiger partial charge in [0.05, 0.1) is 26.3 Å². The number of nitrogens with one attached hydrogen (secondary N) is 1. The van der Waals surface area contributed by atoms with Gasteiger partial charge in [-0.05, 0) is 26.0 Å². The van der Waals surface area contributed by atoms with E-state index in [0.717, 1.165) is 10.6 Å². The molecule has 0 spiro atoms. The fraction of sp³-hybridized carbons (Fsp3) is 0.154. The Kier molecular flexibility index (Phi) is 4.03. The molecule has 1 aromatic carbocycles. The molecule has 0 aliphatic heterocycles. The number of hydrogen-bond acceptors (Lipinski definition) is 4. The maximum atomic E-state index is 12.3. The Morgan fingerprint density at radius 3 is 2.59 bits per heavy atom. The van der Waals surface area contributed by atoms with Crippen LogP contribution in [0.15, 0.2) is 12.1 Å². The smallest absolute Gasteiger partial charge is 0.261 e. The molecular weight excluding hydrogens is 367 g/mol. The zero-order chi connectivity index (χ0) is 16.0. The predicted octanol–water partition coefficient (Wildman–Crippen LogP) is 4.62. The van der Waals surface area contributed by atoms with Crippen LogP contribution in [0.25, 0.3) is 4.96 Å². The summed E-state index contributed by atoms with van der Waals surface area (Å²) in [5.74, 6) is -0.323. The van der Waals surface area contributed by atoms with Crippen LogP contribution in [0.2, 0.25) is 15.1 Å². The van der Waals surface area contributed by atoms with Gasteiger partial charge < -0.3 is 0 Å². The maximum absolute atomic E-state index is 12.3. The van der Waals surface area contributed by atoms with Crippen molar-refractivity contribution in [2.45, 2.75) is 13.8 Å². The summed E-state index contributed by atoms with van der Waals surface area (Å²) in [4.78, 5) is 18.4. The molecule has 0 atom stereocenters. The minimum absolute atomic E-state index is 0.0970. The first-order chi connectivity index (χ1) is 10.4. The Labute approximate surface area is 144 Å². The number of nitrogens with zero attached hydrogens (tertiary/aromatic N) is 3. The molecule has 3 rings (SSSR count). The molecule has 1 N–H and O–H groups in total. The fourth-order valence-corrected chi connectivity index (χ4v) is 3.50. The number of halogens is 3. The lowest BCUT2D eigenvalue weighted by Gasteiger charge is -2.07. The number of anilines is 1. The van der Waals surface area contributed by atoms with Gasteiger partial charge in [-0.3, -0.25) is 10.1 Å². The molecule has 0 bridgehead atoms. The fourth-order valence-electron chi connectivity index (χ4n) is 1.89. The molecule has 0 saturated carbocycles. The van der Waals surface area contributed by atoms with Crippen LogP contribution in [-0.4, -0.2) is 20.5 Å². The van der Waals surface area contributed by atoms with Crippen molar-refractivity contribution in [2.24, 2.45) is 0 Å². The number of carbonyl (C=O) groups excluding carboxylic acids is 1. The molecule has 2 aromatic heterocycles. The second-order valence-corrected chi connectivity index (χ2v) is 6.92. The summed E-state index contributed by atoms with van der Waals surface area (Å²) in [6.07, 6.45) is 0. The van der Waals surface area contributed by atoms with E-state index in [1.807, 2.05) is 13.8 Å². The highest BCUT2D eigenvalue weighted by molar-refractivity contribution is 7.17. The van der Waals surface area contributed by atoms with Crippen LogP contribution in [0.1, 0.15) is 20.9 Å². The van der Waals surface area contributed by atoms with Gasteiger partial charge in [0, 0.05) is 4.88 Å². The van der Waals surface area contributed by atoms with E-state index in [4.69, 9.17) is 34.8 Å². The molecule has 5 nitrogen and oxygen atoms in total. The Morgan fingerprint density at radius 2 is 1.91 bits per heavy atom. The summed E-state index contributed by atoms with van der Waals surface area (Å²) in [5, 5.41) is 7.39. The molecule has 3 aromatic rings. The van der Waals surface area contributed by atoms with Gasteiger partial charge >= 0.3 is 0 Å².